The predicted octanol–water partition coefficient (Wildman–Crippen LogP) is -0.101. The number of carbonyl (C=O) groups is 2. The van der Waals surface area contributed by atoms with Crippen LogP contribution in [0.2, 0.25) is 0 Å². The first-order valence-electron chi connectivity index (χ1n) is 5.87. The zero-order valence-corrected chi connectivity index (χ0v) is 10.9. The normalized spacial score (nSPS) is 10.2. The van der Waals surface area contributed by atoms with Crippen molar-refractivity contribution in [2.24, 2.45) is 0 Å². The molecule has 1 heterocycles. The van der Waals surface area contributed by atoms with Crippen LogP contribution in [0.5, 0.6) is 0 Å². The fourth-order valence-electron chi connectivity index (χ4n) is 1.67. The van der Waals surface area contributed by atoms with Crippen LogP contribution >= 0.6 is 0 Å². The lowest BCUT2D eigenvalue weighted by atomic mass is 10.2. The van der Waals surface area contributed by atoms with Crippen molar-refractivity contribution in [2.45, 2.75) is 20.8 Å². The number of H-pyrrole nitrogens is 1. The summed E-state index contributed by atoms with van der Waals surface area (Å²) < 4.78 is 0. The number of nitrogens with two attached hydrogens (primary N) is 1. The zero-order chi connectivity index (χ0) is 13.7. The van der Waals surface area contributed by atoms with Crippen molar-refractivity contribution in [3.8, 4) is 0 Å². The van der Waals surface area contributed by atoms with Gasteiger partial charge in [0, 0.05) is 18.8 Å². The molecule has 0 saturated heterocycles. The molecular weight excluding hydrogens is 234 g/mol. The largest absolute Gasteiger partial charge is 0.382 e. The van der Waals surface area contributed by atoms with Gasteiger partial charge in [-0.05, 0) is 20.8 Å². The third-order valence-electron chi connectivity index (χ3n) is 2.72. The highest BCUT2D eigenvalue weighted by Crippen LogP contribution is 2.11. The number of aromatic amines is 1. The molecule has 7 heteroatoms. The van der Waals surface area contributed by atoms with Crippen LogP contribution in [-0.2, 0) is 4.79 Å². The van der Waals surface area contributed by atoms with Crippen molar-refractivity contribution in [3.63, 3.8) is 0 Å². The maximum atomic E-state index is 11.8. The summed E-state index contributed by atoms with van der Waals surface area (Å²) in [6, 6.07) is 0. The number of rotatable bonds is 5. The number of carbonyl (C=O) groups excluding carboxylic acids is 2. The van der Waals surface area contributed by atoms with Gasteiger partial charge < -0.3 is 16.0 Å². The van der Waals surface area contributed by atoms with E-state index in [1.54, 1.807) is 11.8 Å². The summed E-state index contributed by atoms with van der Waals surface area (Å²) in [6.45, 7) is 6.69. The Morgan fingerprint density at radius 3 is 2.44 bits per heavy atom. The third kappa shape index (κ3) is 2.99. The summed E-state index contributed by atoms with van der Waals surface area (Å²) in [7, 11) is 0. The van der Waals surface area contributed by atoms with Gasteiger partial charge >= 0.3 is 0 Å². The number of hydrogen-bond donors (Lipinski definition) is 3. The molecule has 0 radical (unpaired) electrons. The molecule has 1 aromatic rings. The van der Waals surface area contributed by atoms with E-state index in [9.17, 15) is 9.59 Å². The van der Waals surface area contributed by atoms with Crippen molar-refractivity contribution >= 4 is 17.6 Å². The number of aromatic nitrogens is 2. The zero-order valence-electron chi connectivity index (χ0n) is 10.9. The van der Waals surface area contributed by atoms with Gasteiger partial charge in [-0.15, -0.1) is 0 Å². The summed E-state index contributed by atoms with van der Waals surface area (Å²) in [5.41, 5.74) is 6.44. The molecule has 0 aliphatic carbocycles. The van der Waals surface area contributed by atoms with Crippen LogP contribution in [0.4, 0.5) is 5.82 Å². The van der Waals surface area contributed by atoms with E-state index in [-0.39, 0.29) is 24.2 Å². The maximum Gasteiger partial charge on any atom is 0.257 e. The lowest BCUT2D eigenvalue weighted by Crippen LogP contribution is -2.40. The van der Waals surface area contributed by atoms with E-state index in [2.05, 4.69) is 15.5 Å². The number of nitrogen functional groups attached to an aromatic ring is 1. The summed E-state index contributed by atoms with van der Waals surface area (Å²) in [4.78, 5) is 25.2. The Bertz CT molecular complexity index is 417. The molecule has 0 bridgehead atoms. The van der Waals surface area contributed by atoms with Gasteiger partial charge in [0.15, 0.2) is 5.82 Å². The Kier molecular flexibility index (Phi) is 4.70. The summed E-state index contributed by atoms with van der Waals surface area (Å²) in [6.07, 6.45) is 0. The molecule has 0 saturated carbocycles. The lowest BCUT2D eigenvalue weighted by molar-refractivity contribution is -0.129. The molecule has 0 fully saturated rings. The van der Waals surface area contributed by atoms with Gasteiger partial charge in [0.05, 0.1) is 6.54 Å². The van der Waals surface area contributed by atoms with Gasteiger partial charge in [0.2, 0.25) is 5.91 Å². The van der Waals surface area contributed by atoms with Gasteiger partial charge in [0.1, 0.15) is 5.56 Å². The van der Waals surface area contributed by atoms with Gasteiger partial charge in [-0.3, -0.25) is 14.7 Å². The minimum atomic E-state index is -0.390. The number of hydrogen-bond acceptors (Lipinski definition) is 4. The maximum absolute atomic E-state index is 11.8. The average Bonchev–Trinajstić information content (AvgIpc) is 2.67. The average molecular weight is 253 g/mol. The molecule has 1 aromatic heterocycles. The van der Waals surface area contributed by atoms with Crippen LogP contribution in [0.3, 0.4) is 0 Å². The van der Waals surface area contributed by atoms with Crippen LogP contribution in [0.1, 0.15) is 29.9 Å². The molecule has 7 nitrogen and oxygen atoms in total. The fourth-order valence-corrected chi connectivity index (χ4v) is 1.67. The van der Waals surface area contributed by atoms with E-state index >= 15 is 0 Å². The molecule has 0 aliphatic rings. The highest BCUT2D eigenvalue weighted by Gasteiger charge is 2.17. The fraction of sp³-hybridized carbons (Fsp3) is 0.545. The van der Waals surface area contributed by atoms with Gasteiger partial charge in [-0.1, -0.05) is 0 Å². The van der Waals surface area contributed by atoms with E-state index in [1.807, 2.05) is 13.8 Å². The minimum Gasteiger partial charge on any atom is -0.382 e. The minimum absolute atomic E-state index is 0.0371. The lowest BCUT2D eigenvalue weighted by Gasteiger charge is -2.18. The molecule has 0 spiro atoms. The summed E-state index contributed by atoms with van der Waals surface area (Å²) in [5, 5.41) is 8.89. The second-order valence-corrected chi connectivity index (χ2v) is 3.86. The van der Waals surface area contributed by atoms with E-state index in [0.29, 0.717) is 24.3 Å². The Morgan fingerprint density at radius 2 is 2.00 bits per heavy atom. The van der Waals surface area contributed by atoms with Crippen LogP contribution in [0.15, 0.2) is 0 Å². The second kappa shape index (κ2) is 6.04. The van der Waals surface area contributed by atoms with E-state index in [0.717, 1.165) is 0 Å². The molecule has 0 unspecified atom stereocenters. The molecular formula is C11H19N5O2. The SMILES string of the molecule is CCN(CC)C(=O)CNC(=O)c1c(N)n[nH]c1C. The molecule has 0 aromatic carbocycles. The third-order valence-corrected chi connectivity index (χ3v) is 2.72. The van der Waals surface area contributed by atoms with Crippen molar-refractivity contribution in [1.29, 1.82) is 0 Å². The smallest absolute Gasteiger partial charge is 0.257 e. The molecule has 0 aliphatic heterocycles. The highest BCUT2D eigenvalue weighted by molar-refractivity contribution is 6.00. The Hall–Kier alpha value is -2.05. The van der Waals surface area contributed by atoms with Crippen LogP contribution in [0, 0.1) is 6.92 Å². The van der Waals surface area contributed by atoms with Crippen LogP contribution in [-0.4, -0.2) is 46.5 Å². The van der Waals surface area contributed by atoms with Gasteiger partial charge in [0.25, 0.3) is 5.91 Å². The van der Waals surface area contributed by atoms with E-state index < -0.39 is 0 Å². The molecule has 1 rings (SSSR count). The first-order valence-corrected chi connectivity index (χ1v) is 5.87. The standard InChI is InChI=1S/C11H19N5O2/c1-4-16(5-2)8(17)6-13-11(18)9-7(3)14-15-10(9)12/h4-6H2,1-3H3,(H,13,18)(H3,12,14,15). The molecule has 4 N–H and O–H groups in total. The topological polar surface area (TPSA) is 104 Å². The Labute approximate surface area is 106 Å². The molecule has 2 amide bonds. The van der Waals surface area contributed by atoms with Crippen LogP contribution in [0.25, 0.3) is 0 Å². The summed E-state index contributed by atoms with van der Waals surface area (Å²) in [5.74, 6) is -0.368. The van der Waals surface area contributed by atoms with Crippen molar-refractivity contribution < 1.29 is 9.59 Å². The molecule has 18 heavy (non-hydrogen) atoms. The van der Waals surface area contributed by atoms with Crippen molar-refractivity contribution in [3.05, 3.63) is 11.3 Å². The predicted molar refractivity (Wildman–Crippen MR) is 68.0 cm³/mol. The van der Waals surface area contributed by atoms with Crippen LogP contribution < -0.4 is 11.1 Å². The number of anilines is 1. The number of nitrogens with zero attached hydrogens (tertiary/aromatic N) is 2. The highest BCUT2D eigenvalue weighted by atomic mass is 16.2. The van der Waals surface area contributed by atoms with Gasteiger partial charge in [-0.25, -0.2) is 0 Å². The number of likely N-dealkylation sites (N-methyl/N-ethyl adjacent to an activating group) is 1. The number of amides is 2. The second-order valence-electron chi connectivity index (χ2n) is 3.86. The Morgan fingerprint density at radius 1 is 1.39 bits per heavy atom. The quantitative estimate of drug-likeness (QED) is 0.681. The monoisotopic (exact) mass is 253 g/mol. The van der Waals surface area contributed by atoms with Crippen molar-refractivity contribution in [1.82, 2.24) is 20.4 Å². The number of nitrogens with one attached hydrogen (secondary N) is 2. The summed E-state index contributed by atoms with van der Waals surface area (Å²) >= 11 is 0. The first kappa shape index (κ1) is 14.0. The Balaban J connectivity index is 2.59. The van der Waals surface area contributed by atoms with Crippen molar-refractivity contribution in [2.75, 3.05) is 25.4 Å². The first-order chi connectivity index (χ1) is 8.51. The number of aryl methyl sites for hydroxylation is 1. The van der Waals surface area contributed by atoms with E-state index in [4.69, 9.17) is 5.73 Å². The van der Waals surface area contributed by atoms with Gasteiger partial charge in [-0.2, -0.15) is 5.10 Å². The molecule has 100 valence electrons. The van der Waals surface area contributed by atoms with E-state index in [1.165, 1.54) is 0 Å². The molecule has 0 atom stereocenters.